The van der Waals surface area contributed by atoms with Crippen molar-refractivity contribution in [3.05, 3.63) is 0 Å². The highest BCUT2D eigenvalue weighted by molar-refractivity contribution is 5.77. The van der Waals surface area contributed by atoms with Crippen molar-refractivity contribution in [3.63, 3.8) is 0 Å². The topological polar surface area (TPSA) is 58.2 Å². The Morgan fingerprint density at radius 1 is 0.882 bits per heavy atom. The molecular formula is C13H26N2O2. The molecule has 0 saturated heterocycles. The Labute approximate surface area is 105 Å². The van der Waals surface area contributed by atoms with Gasteiger partial charge in [0.2, 0.25) is 11.8 Å². The van der Waals surface area contributed by atoms with Crippen molar-refractivity contribution in [2.24, 2.45) is 11.8 Å². The summed E-state index contributed by atoms with van der Waals surface area (Å²) >= 11 is 0. The van der Waals surface area contributed by atoms with E-state index in [-0.39, 0.29) is 17.9 Å². The summed E-state index contributed by atoms with van der Waals surface area (Å²) in [5.41, 5.74) is 0. The molecule has 2 amide bonds. The Hall–Kier alpha value is -1.06. The molecule has 0 bridgehead atoms. The van der Waals surface area contributed by atoms with Crippen LogP contribution in [0.1, 0.15) is 47.5 Å². The molecule has 0 aromatic carbocycles. The second kappa shape index (κ2) is 8.09. The first-order valence-electron chi connectivity index (χ1n) is 6.37. The maximum absolute atomic E-state index is 11.5. The van der Waals surface area contributed by atoms with Crippen LogP contribution in [0.25, 0.3) is 0 Å². The van der Waals surface area contributed by atoms with Gasteiger partial charge in [0.25, 0.3) is 0 Å². The Morgan fingerprint density at radius 3 is 1.82 bits per heavy atom. The minimum absolute atomic E-state index is 0.0163. The highest BCUT2D eigenvalue weighted by Crippen LogP contribution is 1.99. The lowest BCUT2D eigenvalue weighted by Gasteiger charge is -2.16. The highest BCUT2D eigenvalue weighted by atomic mass is 16.2. The molecule has 0 aliphatic rings. The van der Waals surface area contributed by atoms with Crippen LogP contribution in [0.5, 0.6) is 0 Å². The molecule has 0 radical (unpaired) electrons. The van der Waals surface area contributed by atoms with Gasteiger partial charge in [0.05, 0.1) is 0 Å². The van der Waals surface area contributed by atoms with E-state index < -0.39 is 0 Å². The fourth-order valence-electron chi connectivity index (χ4n) is 1.47. The van der Waals surface area contributed by atoms with Crippen LogP contribution in [0.2, 0.25) is 0 Å². The molecule has 2 N–H and O–H groups in total. The monoisotopic (exact) mass is 242 g/mol. The Morgan fingerprint density at radius 2 is 1.35 bits per heavy atom. The predicted molar refractivity (Wildman–Crippen MR) is 69.5 cm³/mol. The van der Waals surface area contributed by atoms with Crippen LogP contribution in [-0.4, -0.2) is 24.4 Å². The van der Waals surface area contributed by atoms with Gasteiger partial charge < -0.3 is 10.6 Å². The number of rotatable bonds is 7. The molecule has 0 heterocycles. The zero-order valence-electron chi connectivity index (χ0n) is 11.7. The SMILES string of the molecule is CC(C)CC(=O)NC[C@H](C)NC(=O)CC(C)C. The van der Waals surface area contributed by atoms with Crippen LogP contribution in [0.15, 0.2) is 0 Å². The fourth-order valence-corrected chi connectivity index (χ4v) is 1.47. The van der Waals surface area contributed by atoms with Gasteiger partial charge in [-0.2, -0.15) is 0 Å². The first-order valence-corrected chi connectivity index (χ1v) is 6.37. The van der Waals surface area contributed by atoms with E-state index in [4.69, 9.17) is 0 Å². The number of carbonyl (C=O) groups excluding carboxylic acids is 2. The summed E-state index contributed by atoms with van der Waals surface area (Å²) in [5, 5.41) is 5.69. The molecule has 4 heteroatoms. The van der Waals surface area contributed by atoms with E-state index in [2.05, 4.69) is 10.6 Å². The summed E-state index contributed by atoms with van der Waals surface area (Å²) in [6, 6.07) is -0.0163. The van der Waals surface area contributed by atoms with Gasteiger partial charge in [-0.3, -0.25) is 9.59 Å². The lowest BCUT2D eigenvalue weighted by atomic mass is 10.1. The molecule has 4 nitrogen and oxygen atoms in total. The van der Waals surface area contributed by atoms with Crippen molar-refractivity contribution in [3.8, 4) is 0 Å². The van der Waals surface area contributed by atoms with Crippen molar-refractivity contribution in [1.82, 2.24) is 10.6 Å². The smallest absolute Gasteiger partial charge is 0.220 e. The predicted octanol–water partition coefficient (Wildman–Crippen LogP) is 1.70. The Bertz CT molecular complexity index is 250. The fraction of sp³-hybridized carbons (Fsp3) is 0.846. The van der Waals surface area contributed by atoms with Gasteiger partial charge in [-0.25, -0.2) is 0 Å². The second-order valence-corrected chi connectivity index (χ2v) is 5.47. The molecule has 0 saturated carbocycles. The number of amides is 2. The molecule has 0 aromatic rings. The van der Waals surface area contributed by atoms with Crippen LogP contribution in [0.4, 0.5) is 0 Å². The Kier molecular flexibility index (Phi) is 7.59. The minimum atomic E-state index is -0.0163. The van der Waals surface area contributed by atoms with Crippen LogP contribution in [0, 0.1) is 11.8 Å². The van der Waals surface area contributed by atoms with Gasteiger partial charge in [-0.1, -0.05) is 27.7 Å². The molecule has 0 aromatic heterocycles. The summed E-state index contributed by atoms with van der Waals surface area (Å²) in [6.45, 7) is 10.4. The first-order chi connectivity index (χ1) is 7.81. The number of nitrogens with one attached hydrogen (secondary N) is 2. The van der Waals surface area contributed by atoms with Gasteiger partial charge in [0, 0.05) is 25.4 Å². The van der Waals surface area contributed by atoms with E-state index in [0.717, 1.165) is 0 Å². The molecule has 1 atom stereocenters. The van der Waals surface area contributed by atoms with Crippen LogP contribution >= 0.6 is 0 Å². The third-order valence-corrected chi connectivity index (χ3v) is 2.20. The average Bonchev–Trinajstić information content (AvgIpc) is 2.12. The summed E-state index contributed by atoms with van der Waals surface area (Å²) < 4.78 is 0. The van der Waals surface area contributed by atoms with Gasteiger partial charge in [0.15, 0.2) is 0 Å². The Balaban J connectivity index is 3.75. The highest BCUT2D eigenvalue weighted by Gasteiger charge is 2.10. The van der Waals surface area contributed by atoms with Crippen LogP contribution in [-0.2, 0) is 9.59 Å². The molecule has 0 fully saturated rings. The maximum Gasteiger partial charge on any atom is 0.220 e. The van der Waals surface area contributed by atoms with E-state index in [1.54, 1.807) is 0 Å². The van der Waals surface area contributed by atoms with Gasteiger partial charge in [0.1, 0.15) is 0 Å². The van der Waals surface area contributed by atoms with E-state index >= 15 is 0 Å². The van der Waals surface area contributed by atoms with Gasteiger partial charge in [-0.05, 0) is 18.8 Å². The summed E-state index contributed by atoms with van der Waals surface area (Å²) in [5.74, 6) is 0.814. The van der Waals surface area contributed by atoms with Crippen molar-refractivity contribution in [2.45, 2.75) is 53.5 Å². The summed E-state index contributed by atoms with van der Waals surface area (Å²) in [4.78, 5) is 22.9. The largest absolute Gasteiger partial charge is 0.354 e. The lowest BCUT2D eigenvalue weighted by Crippen LogP contribution is -2.42. The lowest BCUT2D eigenvalue weighted by molar-refractivity contribution is -0.124. The van der Waals surface area contributed by atoms with E-state index in [9.17, 15) is 9.59 Å². The summed E-state index contributed by atoms with van der Waals surface area (Å²) in [6.07, 6.45) is 1.07. The quantitative estimate of drug-likeness (QED) is 0.714. The average molecular weight is 242 g/mol. The van der Waals surface area contributed by atoms with Crippen molar-refractivity contribution in [1.29, 1.82) is 0 Å². The van der Waals surface area contributed by atoms with Crippen molar-refractivity contribution < 1.29 is 9.59 Å². The zero-order chi connectivity index (χ0) is 13.4. The van der Waals surface area contributed by atoms with Crippen LogP contribution in [0.3, 0.4) is 0 Å². The number of hydrogen-bond acceptors (Lipinski definition) is 2. The molecule has 100 valence electrons. The normalized spacial score (nSPS) is 12.6. The first kappa shape index (κ1) is 15.9. The molecule has 17 heavy (non-hydrogen) atoms. The summed E-state index contributed by atoms with van der Waals surface area (Å²) in [7, 11) is 0. The van der Waals surface area contributed by atoms with Crippen LogP contribution < -0.4 is 10.6 Å². The van der Waals surface area contributed by atoms with Gasteiger partial charge >= 0.3 is 0 Å². The molecular weight excluding hydrogens is 216 g/mol. The number of carbonyl (C=O) groups is 2. The maximum atomic E-state index is 11.5. The van der Waals surface area contributed by atoms with Crippen molar-refractivity contribution in [2.75, 3.05) is 6.54 Å². The third-order valence-electron chi connectivity index (χ3n) is 2.20. The molecule has 0 aliphatic carbocycles. The molecule has 0 unspecified atom stereocenters. The van der Waals surface area contributed by atoms with Crippen molar-refractivity contribution >= 4 is 11.8 Å². The minimum Gasteiger partial charge on any atom is -0.354 e. The molecule has 0 spiro atoms. The number of hydrogen-bond donors (Lipinski definition) is 2. The van der Waals surface area contributed by atoms with E-state index in [1.165, 1.54) is 0 Å². The third kappa shape index (κ3) is 9.85. The zero-order valence-corrected chi connectivity index (χ0v) is 11.7. The second-order valence-electron chi connectivity index (χ2n) is 5.47. The molecule has 0 rings (SSSR count). The van der Waals surface area contributed by atoms with E-state index in [0.29, 0.717) is 31.2 Å². The van der Waals surface area contributed by atoms with E-state index in [1.807, 2.05) is 34.6 Å². The molecule has 0 aliphatic heterocycles. The standard InChI is InChI=1S/C13H26N2O2/c1-9(2)6-12(16)14-8-11(5)15-13(17)7-10(3)4/h9-11H,6-8H2,1-5H3,(H,14,16)(H,15,17)/t11-/m0/s1. The van der Waals surface area contributed by atoms with Gasteiger partial charge in [-0.15, -0.1) is 0 Å².